The normalized spacial score (nSPS) is 13.8. The van der Waals surface area contributed by atoms with Gasteiger partial charge in [0, 0.05) is 18.4 Å². The highest BCUT2D eigenvalue weighted by atomic mass is 19.4. The highest BCUT2D eigenvalue weighted by Gasteiger charge is 2.42. The maximum atomic E-state index is 13.4. The summed E-state index contributed by atoms with van der Waals surface area (Å²) in [6.45, 7) is 3.52. The number of alkyl halides is 3. The molecule has 2 rings (SSSR count). The van der Waals surface area contributed by atoms with E-state index in [-0.39, 0.29) is 23.6 Å². The van der Waals surface area contributed by atoms with Gasteiger partial charge < -0.3 is 15.2 Å². The van der Waals surface area contributed by atoms with E-state index in [0.717, 1.165) is 7.11 Å². The van der Waals surface area contributed by atoms with E-state index in [2.05, 4.69) is 15.3 Å². The number of benzene rings is 1. The maximum absolute atomic E-state index is 13.4. The molecule has 0 saturated heterocycles. The van der Waals surface area contributed by atoms with Crippen LogP contribution < -0.4 is 5.32 Å². The Morgan fingerprint density at radius 3 is 2.43 bits per heavy atom. The predicted molar refractivity (Wildman–Crippen MR) is 97.6 cm³/mol. The number of anilines is 2. The van der Waals surface area contributed by atoms with Crippen LogP contribution in [0.3, 0.4) is 0 Å². The quantitative estimate of drug-likeness (QED) is 0.669. The second-order valence-electron chi connectivity index (χ2n) is 6.35. The Kier molecular flexibility index (Phi) is 6.95. The first-order chi connectivity index (χ1) is 13.2. The van der Waals surface area contributed by atoms with Crippen LogP contribution in [0.5, 0.6) is 0 Å². The van der Waals surface area contributed by atoms with Crippen molar-refractivity contribution in [2.24, 2.45) is 0 Å². The molecule has 0 saturated carbocycles. The van der Waals surface area contributed by atoms with E-state index in [1.54, 1.807) is 6.92 Å². The lowest BCUT2D eigenvalue weighted by molar-refractivity contribution is -0.215. The van der Waals surface area contributed by atoms with Crippen molar-refractivity contribution in [1.29, 1.82) is 0 Å². The Bertz CT molecular complexity index is 810. The summed E-state index contributed by atoms with van der Waals surface area (Å²) in [7, 11) is 0.990. The number of carboxylic acid groups (broad SMARTS) is 1. The van der Waals surface area contributed by atoms with E-state index in [9.17, 15) is 18.0 Å². The van der Waals surface area contributed by atoms with Gasteiger partial charge in [0.05, 0.1) is 24.5 Å². The van der Waals surface area contributed by atoms with Crippen LogP contribution in [0.2, 0.25) is 0 Å². The van der Waals surface area contributed by atoms with Gasteiger partial charge in [-0.25, -0.2) is 9.97 Å². The molecule has 2 aromatic rings. The van der Waals surface area contributed by atoms with Crippen molar-refractivity contribution in [3.8, 4) is 0 Å². The monoisotopic (exact) mass is 397 g/mol. The van der Waals surface area contributed by atoms with Crippen LogP contribution in [0.15, 0.2) is 30.6 Å². The van der Waals surface area contributed by atoms with Crippen LogP contribution in [-0.4, -0.2) is 34.3 Å². The number of rotatable bonds is 8. The maximum Gasteiger partial charge on any atom is 0.418 e. The number of aliphatic carboxylic acids is 1. The second-order valence-corrected chi connectivity index (χ2v) is 6.35. The van der Waals surface area contributed by atoms with E-state index in [1.807, 2.05) is 6.92 Å². The van der Waals surface area contributed by atoms with Crippen LogP contribution in [0, 0.1) is 6.92 Å². The van der Waals surface area contributed by atoms with Gasteiger partial charge in [-0.3, -0.25) is 4.79 Å². The first-order valence-corrected chi connectivity index (χ1v) is 8.66. The number of carboxylic acids is 1. The molecular weight excluding hydrogens is 375 g/mol. The molecule has 1 aromatic carbocycles. The lowest BCUT2D eigenvalue weighted by atomic mass is 9.91. The second kappa shape index (κ2) is 9.01. The first kappa shape index (κ1) is 21.6. The van der Waals surface area contributed by atoms with Gasteiger partial charge in [-0.2, -0.15) is 13.2 Å². The van der Waals surface area contributed by atoms with E-state index >= 15 is 0 Å². The van der Waals surface area contributed by atoms with Gasteiger partial charge in [-0.15, -0.1) is 0 Å². The number of ether oxygens (including phenoxy) is 1. The molecule has 0 unspecified atom stereocenters. The molecule has 0 bridgehead atoms. The number of hydrogen-bond acceptors (Lipinski definition) is 5. The van der Waals surface area contributed by atoms with Crippen molar-refractivity contribution < 1.29 is 27.8 Å². The van der Waals surface area contributed by atoms with E-state index < -0.39 is 18.2 Å². The molecule has 0 aliphatic heterocycles. The van der Waals surface area contributed by atoms with Crippen LogP contribution >= 0.6 is 0 Å². The number of nitrogens with zero attached hydrogens (tertiary/aromatic N) is 2. The number of carbonyl (C=O) groups is 1. The van der Waals surface area contributed by atoms with Gasteiger partial charge in [0.25, 0.3) is 0 Å². The van der Waals surface area contributed by atoms with E-state index in [0.29, 0.717) is 23.5 Å². The van der Waals surface area contributed by atoms with Gasteiger partial charge in [-0.1, -0.05) is 19.1 Å². The van der Waals surface area contributed by atoms with E-state index in [1.165, 1.54) is 30.6 Å². The molecule has 0 amide bonds. The van der Waals surface area contributed by atoms with Crippen LogP contribution in [0.4, 0.5) is 24.5 Å². The lowest BCUT2D eigenvalue weighted by Crippen LogP contribution is -2.23. The van der Waals surface area contributed by atoms with Gasteiger partial charge in [-0.05, 0) is 30.9 Å². The molecule has 9 heteroatoms. The minimum Gasteiger partial charge on any atom is -0.481 e. The zero-order chi connectivity index (χ0) is 20.9. The number of hydrogen-bond donors (Lipinski definition) is 2. The fourth-order valence-electron chi connectivity index (χ4n) is 2.92. The number of nitrogens with one attached hydrogen (secondary N) is 1. The fourth-order valence-corrected chi connectivity index (χ4v) is 2.92. The first-order valence-electron chi connectivity index (χ1n) is 8.66. The number of aromatic nitrogens is 2. The van der Waals surface area contributed by atoms with Crippen molar-refractivity contribution in [2.45, 2.75) is 44.9 Å². The number of halogens is 3. The zero-order valence-electron chi connectivity index (χ0n) is 15.7. The minimum atomic E-state index is -4.61. The average Bonchev–Trinajstić information content (AvgIpc) is 2.62. The molecule has 0 aliphatic carbocycles. The van der Waals surface area contributed by atoms with Crippen molar-refractivity contribution in [2.75, 3.05) is 12.4 Å². The summed E-state index contributed by atoms with van der Waals surface area (Å²) in [6, 6.07) is 4.37. The van der Waals surface area contributed by atoms with Crippen molar-refractivity contribution in [3.05, 3.63) is 47.5 Å². The van der Waals surface area contributed by atoms with Crippen LogP contribution in [0.25, 0.3) is 0 Å². The molecule has 28 heavy (non-hydrogen) atoms. The van der Waals surface area contributed by atoms with Gasteiger partial charge in [0.1, 0.15) is 5.82 Å². The average molecular weight is 397 g/mol. The molecule has 2 atom stereocenters. The highest BCUT2D eigenvalue weighted by Crippen LogP contribution is 2.41. The van der Waals surface area contributed by atoms with Crippen LogP contribution in [0.1, 0.15) is 48.7 Å². The molecular formula is C19H22F3N3O3. The number of methoxy groups -OCH3 is 1. The van der Waals surface area contributed by atoms with Gasteiger partial charge in [0.2, 0.25) is 0 Å². The zero-order valence-corrected chi connectivity index (χ0v) is 15.7. The molecule has 2 N–H and O–H groups in total. The van der Waals surface area contributed by atoms with Gasteiger partial charge >= 0.3 is 12.1 Å². The summed E-state index contributed by atoms with van der Waals surface area (Å²) in [5.74, 6) is -0.771. The standard InChI is InChI=1S/C19H22F3N3O3/c1-4-12(8-17(26)27)13-5-6-15(18(28-3)19(20,21)22)16(7-13)25-14-9-23-11(2)24-10-14/h5-7,9-10,12,18,25H,4,8H2,1-3H3,(H,26,27)/t12-,18+/m0/s1. The number of aryl methyl sites for hydroxylation is 1. The third kappa shape index (κ3) is 5.41. The van der Waals surface area contributed by atoms with Crippen LogP contribution in [-0.2, 0) is 9.53 Å². The molecule has 152 valence electrons. The molecule has 6 nitrogen and oxygen atoms in total. The Balaban J connectivity index is 2.51. The summed E-state index contributed by atoms with van der Waals surface area (Å²) >= 11 is 0. The Hall–Kier alpha value is -2.68. The molecule has 1 heterocycles. The SMILES string of the molecule is CC[C@@H](CC(=O)O)c1ccc([C@@H](OC)C(F)(F)F)c(Nc2cnc(C)nc2)c1. The molecule has 0 fully saturated rings. The van der Waals surface area contributed by atoms with Crippen molar-refractivity contribution in [3.63, 3.8) is 0 Å². The summed E-state index contributed by atoms with van der Waals surface area (Å²) in [5.41, 5.74) is 1.09. The third-order valence-electron chi connectivity index (χ3n) is 4.34. The topological polar surface area (TPSA) is 84.3 Å². The minimum absolute atomic E-state index is 0.107. The Morgan fingerprint density at radius 2 is 1.93 bits per heavy atom. The largest absolute Gasteiger partial charge is 0.481 e. The summed E-state index contributed by atoms with van der Waals surface area (Å²) < 4.78 is 45.0. The summed E-state index contributed by atoms with van der Waals surface area (Å²) in [5, 5.41) is 12.0. The fraction of sp³-hybridized carbons (Fsp3) is 0.421. The molecule has 1 aromatic heterocycles. The van der Waals surface area contributed by atoms with Crippen molar-refractivity contribution in [1.82, 2.24) is 9.97 Å². The lowest BCUT2D eigenvalue weighted by Gasteiger charge is -2.24. The summed E-state index contributed by atoms with van der Waals surface area (Å²) in [6.07, 6.45) is -3.40. The summed E-state index contributed by atoms with van der Waals surface area (Å²) in [4.78, 5) is 19.2. The molecule has 0 aliphatic rings. The molecule has 0 radical (unpaired) electrons. The predicted octanol–water partition coefficient (Wildman–Crippen LogP) is 4.75. The third-order valence-corrected chi connectivity index (χ3v) is 4.34. The highest BCUT2D eigenvalue weighted by molar-refractivity contribution is 5.69. The van der Waals surface area contributed by atoms with Crippen molar-refractivity contribution >= 4 is 17.3 Å². The van der Waals surface area contributed by atoms with E-state index in [4.69, 9.17) is 9.84 Å². The Morgan fingerprint density at radius 1 is 1.29 bits per heavy atom. The Labute approximate surface area is 160 Å². The van der Waals surface area contributed by atoms with Gasteiger partial charge in [0.15, 0.2) is 6.10 Å². The smallest absolute Gasteiger partial charge is 0.418 e. The molecule has 0 spiro atoms.